The second-order valence-corrected chi connectivity index (χ2v) is 7.14. The van der Waals surface area contributed by atoms with E-state index in [0.29, 0.717) is 16.7 Å². The van der Waals surface area contributed by atoms with Crippen molar-refractivity contribution in [3.8, 4) is 5.75 Å². The third-order valence-corrected chi connectivity index (χ3v) is 4.07. The molecule has 0 spiro atoms. The van der Waals surface area contributed by atoms with E-state index in [9.17, 15) is 13.5 Å². The fraction of sp³-hybridized carbons (Fsp3) is 0.111. The number of aliphatic hydroxyl groups is 1. The predicted octanol–water partition coefficient (Wildman–Crippen LogP) is 0.997. The minimum absolute atomic E-state index is 0.0306. The number of amidine groups is 2. The SMILES string of the molecule is N=C(N)c1ccc(/C=C/c2ccc(C(=N)N)cc2O)cc1.O=S(=O)(O)CCO. The van der Waals surface area contributed by atoms with E-state index in [-0.39, 0.29) is 17.4 Å². The Morgan fingerprint density at radius 1 is 0.964 bits per heavy atom. The van der Waals surface area contributed by atoms with Crippen LogP contribution in [0.4, 0.5) is 0 Å². The second kappa shape index (κ2) is 10.2. The van der Waals surface area contributed by atoms with Crippen LogP contribution in [-0.2, 0) is 10.1 Å². The van der Waals surface area contributed by atoms with Crippen molar-refractivity contribution >= 4 is 33.9 Å². The molecule has 150 valence electrons. The van der Waals surface area contributed by atoms with Crippen molar-refractivity contribution < 1.29 is 23.2 Å². The Hall–Kier alpha value is -3.21. The summed E-state index contributed by atoms with van der Waals surface area (Å²) in [5.41, 5.74) is 13.5. The molecule has 9 N–H and O–H groups in total. The monoisotopic (exact) mass is 406 g/mol. The Balaban J connectivity index is 0.000000480. The van der Waals surface area contributed by atoms with Crippen LogP contribution in [0.15, 0.2) is 42.5 Å². The van der Waals surface area contributed by atoms with Crippen molar-refractivity contribution in [2.45, 2.75) is 0 Å². The van der Waals surface area contributed by atoms with E-state index >= 15 is 0 Å². The molecular formula is C18H22N4O5S. The van der Waals surface area contributed by atoms with Gasteiger partial charge in [-0.05, 0) is 11.6 Å². The molecule has 0 aliphatic rings. The van der Waals surface area contributed by atoms with Crippen LogP contribution in [-0.4, -0.2) is 47.2 Å². The zero-order valence-electron chi connectivity index (χ0n) is 14.8. The van der Waals surface area contributed by atoms with Gasteiger partial charge in [-0.3, -0.25) is 15.4 Å². The summed E-state index contributed by atoms with van der Waals surface area (Å²) in [6.07, 6.45) is 3.61. The van der Waals surface area contributed by atoms with Crippen molar-refractivity contribution in [3.05, 3.63) is 64.7 Å². The van der Waals surface area contributed by atoms with Gasteiger partial charge in [-0.15, -0.1) is 0 Å². The number of nitrogens with one attached hydrogen (secondary N) is 2. The van der Waals surface area contributed by atoms with Gasteiger partial charge in [0.25, 0.3) is 10.1 Å². The number of aromatic hydroxyl groups is 1. The van der Waals surface area contributed by atoms with Crippen LogP contribution in [0.3, 0.4) is 0 Å². The zero-order valence-corrected chi connectivity index (χ0v) is 15.6. The first-order chi connectivity index (χ1) is 13.0. The number of nitrogen functional groups attached to an aromatic ring is 2. The molecule has 0 amide bonds. The van der Waals surface area contributed by atoms with Gasteiger partial charge in [0.2, 0.25) is 0 Å². The molecule has 2 rings (SSSR count). The Morgan fingerprint density at radius 3 is 1.89 bits per heavy atom. The molecule has 0 aromatic heterocycles. The molecule has 0 atom stereocenters. The van der Waals surface area contributed by atoms with Gasteiger partial charge in [0, 0.05) is 16.7 Å². The van der Waals surface area contributed by atoms with E-state index in [1.807, 2.05) is 18.2 Å². The zero-order chi connectivity index (χ0) is 21.3. The fourth-order valence-electron chi connectivity index (χ4n) is 1.93. The van der Waals surface area contributed by atoms with E-state index in [1.54, 1.807) is 30.3 Å². The molecular weight excluding hydrogens is 384 g/mol. The first-order valence-corrected chi connectivity index (χ1v) is 9.50. The van der Waals surface area contributed by atoms with Gasteiger partial charge >= 0.3 is 0 Å². The maximum Gasteiger partial charge on any atom is 0.267 e. The third-order valence-electron chi connectivity index (χ3n) is 3.37. The summed E-state index contributed by atoms with van der Waals surface area (Å²) in [5, 5.41) is 32.4. The molecule has 0 fully saturated rings. The van der Waals surface area contributed by atoms with Crippen molar-refractivity contribution in [1.29, 1.82) is 10.8 Å². The lowest BCUT2D eigenvalue weighted by molar-refractivity contribution is 0.315. The molecule has 9 nitrogen and oxygen atoms in total. The summed E-state index contributed by atoms with van der Waals surface area (Å²) in [4.78, 5) is 0. The molecule has 0 aliphatic heterocycles. The van der Waals surface area contributed by atoms with Gasteiger partial charge in [0.15, 0.2) is 0 Å². The highest BCUT2D eigenvalue weighted by Crippen LogP contribution is 2.21. The average Bonchev–Trinajstić information content (AvgIpc) is 2.60. The quantitative estimate of drug-likeness (QED) is 0.161. The van der Waals surface area contributed by atoms with E-state index in [2.05, 4.69) is 0 Å². The van der Waals surface area contributed by atoms with Crippen LogP contribution in [0.25, 0.3) is 12.2 Å². The van der Waals surface area contributed by atoms with E-state index in [4.69, 9.17) is 31.9 Å². The molecule has 0 heterocycles. The average molecular weight is 406 g/mol. The molecule has 2 aromatic carbocycles. The molecule has 0 saturated heterocycles. The van der Waals surface area contributed by atoms with Gasteiger partial charge in [-0.2, -0.15) is 8.42 Å². The Labute approximate surface area is 162 Å². The van der Waals surface area contributed by atoms with Gasteiger partial charge in [0.1, 0.15) is 17.4 Å². The largest absolute Gasteiger partial charge is 0.507 e. The fourth-order valence-corrected chi connectivity index (χ4v) is 2.16. The van der Waals surface area contributed by atoms with E-state index in [0.717, 1.165) is 5.56 Å². The smallest absolute Gasteiger partial charge is 0.267 e. The maximum absolute atomic E-state index is 9.89. The summed E-state index contributed by atoms with van der Waals surface area (Å²) < 4.78 is 27.1. The predicted molar refractivity (Wildman–Crippen MR) is 109 cm³/mol. The van der Waals surface area contributed by atoms with Crippen molar-refractivity contribution in [3.63, 3.8) is 0 Å². The first-order valence-electron chi connectivity index (χ1n) is 7.89. The lowest BCUT2D eigenvalue weighted by Gasteiger charge is -2.03. The van der Waals surface area contributed by atoms with Crippen LogP contribution in [0.5, 0.6) is 5.75 Å². The summed E-state index contributed by atoms with van der Waals surface area (Å²) in [6, 6.07) is 12.1. The normalized spacial score (nSPS) is 10.9. The number of phenols is 1. The highest BCUT2D eigenvalue weighted by Gasteiger charge is 2.02. The van der Waals surface area contributed by atoms with E-state index < -0.39 is 22.5 Å². The summed E-state index contributed by atoms with van der Waals surface area (Å²) in [6.45, 7) is -0.529. The molecule has 0 radical (unpaired) electrons. The van der Waals surface area contributed by atoms with Crippen molar-refractivity contribution in [1.82, 2.24) is 0 Å². The van der Waals surface area contributed by atoms with Crippen LogP contribution in [0.2, 0.25) is 0 Å². The molecule has 2 aromatic rings. The minimum Gasteiger partial charge on any atom is -0.507 e. The molecule has 0 unspecified atom stereocenters. The van der Waals surface area contributed by atoms with Crippen LogP contribution in [0, 0.1) is 10.8 Å². The minimum atomic E-state index is -3.92. The lowest BCUT2D eigenvalue weighted by Crippen LogP contribution is -2.10. The van der Waals surface area contributed by atoms with Gasteiger partial charge < -0.3 is 21.7 Å². The van der Waals surface area contributed by atoms with Crippen molar-refractivity contribution in [2.75, 3.05) is 12.4 Å². The van der Waals surface area contributed by atoms with Crippen LogP contribution in [0.1, 0.15) is 22.3 Å². The maximum atomic E-state index is 9.89. The van der Waals surface area contributed by atoms with E-state index in [1.165, 1.54) is 6.07 Å². The first kappa shape index (κ1) is 22.8. The topological polar surface area (TPSA) is 195 Å². The summed E-state index contributed by atoms with van der Waals surface area (Å²) >= 11 is 0. The highest BCUT2D eigenvalue weighted by atomic mass is 32.2. The number of nitrogens with two attached hydrogens (primary N) is 2. The number of aliphatic hydroxyl groups excluding tert-OH is 1. The number of phenolic OH excluding ortho intramolecular Hbond substituents is 1. The Morgan fingerprint density at radius 2 is 1.50 bits per heavy atom. The number of benzene rings is 2. The summed E-state index contributed by atoms with van der Waals surface area (Å²) in [5.74, 6) is -0.560. The molecule has 0 aliphatic carbocycles. The number of hydrogen-bond acceptors (Lipinski definition) is 6. The Kier molecular flexibility index (Phi) is 8.32. The van der Waals surface area contributed by atoms with Gasteiger partial charge in [-0.1, -0.05) is 48.6 Å². The third kappa shape index (κ3) is 7.99. The molecule has 10 heteroatoms. The van der Waals surface area contributed by atoms with Crippen LogP contribution < -0.4 is 11.5 Å². The Bertz CT molecular complexity index is 970. The van der Waals surface area contributed by atoms with Gasteiger partial charge in [0.05, 0.1) is 12.4 Å². The van der Waals surface area contributed by atoms with Gasteiger partial charge in [-0.25, -0.2) is 0 Å². The molecule has 28 heavy (non-hydrogen) atoms. The molecule has 0 saturated carbocycles. The highest BCUT2D eigenvalue weighted by molar-refractivity contribution is 7.85. The van der Waals surface area contributed by atoms with Crippen LogP contribution >= 0.6 is 0 Å². The number of rotatable bonds is 6. The van der Waals surface area contributed by atoms with Crippen molar-refractivity contribution in [2.24, 2.45) is 11.5 Å². The molecule has 0 bridgehead atoms. The standard InChI is InChI=1S/C16H16N4O.C2H6O4S/c17-15(18)12-5-2-10(3-6-12)1-4-11-7-8-13(16(19)20)9-14(11)21;3-1-2-7(4,5)6/h1-9,21H,(H3,17,18)(H3,19,20);3H,1-2H2,(H,4,5,6)/b4-1+;. The summed E-state index contributed by atoms with van der Waals surface area (Å²) in [7, 11) is -3.92. The lowest BCUT2D eigenvalue weighted by atomic mass is 10.1. The number of hydrogen-bond donors (Lipinski definition) is 7. The second-order valence-electron chi connectivity index (χ2n) is 5.57.